The van der Waals surface area contributed by atoms with E-state index in [1.54, 1.807) is 18.0 Å². The van der Waals surface area contributed by atoms with Crippen molar-refractivity contribution in [2.24, 2.45) is 0 Å². The molecule has 1 atom stereocenters. The summed E-state index contributed by atoms with van der Waals surface area (Å²) in [7, 11) is 6.19. The third-order valence-electron chi connectivity index (χ3n) is 3.34. The molecule has 22 heavy (non-hydrogen) atoms. The second kappa shape index (κ2) is 10.4. The van der Waals surface area contributed by atoms with Crippen LogP contribution in [0.15, 0.2) is 24.9 Å². The summed E-state index contributed by atoms with van der Waals surface area (Å²) in [5.41, 5.74) is 0.562. The maximum atomic E-state index is 11.3. The van der Waals surface area contributed by atoms with Crippen molar-refractivity contribution in [2.75, 3.05) is 27.7 Å². The van der Waals surface area contributed by atoms with Crippen molar-refractivity contribution in [3.05, 3.63) is 24.9 Å². The minimum Gasteiger partial charge on any atom is -1.00 e. The fourth-order valence-electron chi connectivity index (χ4n) is 1.98. The Morgan fingerprint density at radius 3 is 2.23 bits per heavy atom. The molecule has 0 saturated carbocycles. The highest BCUT2D eigenvalue weighted by Crippen LogP contribution is 2.08. The van der Waals surface area contributed by atoms with Gasteiger partial charge in [0.05, 0.1) is 21.1 Å². The second-order valence-electron chi connectivity index (χ2n) is 6.17. The van der Waals surface area contributed by atoms with Gasteiger partial charge >= 0.3 is 0 Å². The number of nitrogens with zero attached hydrogens (tertiary/aromatic N) is 2. The highest BCUT2D eigenvalue weighted by atomic mass is 35.5. The zero-order chi connectivity index (χ0) is 16.6. The number of likely N-dealkylation sites (tertiary alicyclic amines) is 1. The first-order valence-electron chi connectivity index (χ1n) is 7.33. The summed E-state index contributed by atoms with van der Waals surface area (Å²) in [6.45, 7) is 11.7. The van der Waals surface area contributed by atoms with E-state index in [2.05, 4.69) is 46.5 Å². The van der Waals surface area contributed by atoms with Crippen molar-refractivity contribution in [1.29, 1.82) is 0 Å². The zero-order valence-electron chi connectivity index (χ0n) is 14.5. The average molecular weight is 332 g/mol. The summed E-state index contributed by atoms with van der Waals surface area (Å²) < 4.78 is 0.732. The number of quaternary nitrogens is 1. The summed E-state index contributed by atoms with van der Waals surface area (Å²) in [5.74, 6) is 0.153. The van der Waals surface area contributed by atoms with E-state index in [0.717, 1.165) is 23.9 Å². The van der Waals surface area contributed by atoms with Crippen LogP contribution in [0.4, 0.5) is 0 Å². The Bertz CT molecular complexity index is 403. The Morgan fingerprint density at radius 1 is 1.45 bits per heavy atom. The van der Waals surface area contributed by atoms with Crippen LogP contribution in [0.25, 0.3) is 0 Å². The molecular formula is C16H30ClN3O2. The summed E-state index contributed by atoms with van der Waals surface area (Å²) in [5, 5.41) is 2.94. The molecule has 5 nitrogen and oxygen atoms in total. The van der Waals surface area contributed by atoms with Gasteiger partial charge in [0.2, 0.25) is 5.91 Å². The van der Waals surface area contributed by atoms with Crippen LogP contribution < -0.4 is 17.7 Å². The molecule has 0 spiro atoms. The fraction of sp³-hybridized carbons (Fsp3) is 0.625. The van der Waals surface area contributed by atoms with Crippen LogP contribution in [0.2, 0.25) is 0 Å². The van der Waals surface area contributed by atoms with E-state index in [-0.39, 0.29) is 30.4 Å². The molecule has 0 bridgehead atoms. The number of amides is 2. The van der Waals surface area contributed by atoms with E-state index < -0.39 is 0 Å². The lowest BCUT2D eigenvalue weighted by atomic mass is 10.2. The van der Waals surface area contributed by atoms with Crippen LogP contribution in [0.1, 0.15) is 33.1 Å². The Balaban J connectivity index is 0. The minimum absolute atomic E-state index is 0. The summed E-state index contributed by atoms with van der Waals surface area (Å²) in [6, 6.07) is 0. The molecule has 2 amide bonds. The van der Waals surface area contributed by atoms with Crippen LogP contribution in [0.3, 0.4) is 0 Å². The fourth-order valence-corrected chi connectivity index (χ4v) is 1.98. The zero-order valence-corrected chi connectivity index (χ0v) is 15.2. The standard InChI is InChI=1S/C10H20N2O.C6H9NO.ClH/c1-7-9(12(4,5)6)11-10(13)8(2)3;1-2-7-5-3-4-6(7)8;/h9H,2,7H2,1,3-6H3;2H,1,3-5H2;1H. The van der Waals surface area contributed by atoms with Gasteiger partial charge in [0.25, 0.3) is 5.91 Å². The number of carbonyl (C=O) groups is 2. The van der Waals surface area contributed by atoms with E-state index in [4.69, 9.17) is 0 Å². The predicted molar refractivity (Wildman–Crippen MR) is 86.2 cm³/mol. The molecule has 0 radical (unpaired) electrons. The van der Waals surface area contributed by atoms with E-state index in [9.17, 15) is 9.59 Å². The highest BCUT2D eigenvalue weighted by Gasteiger charge is 2.23. The van der Waals surface area contributed by atoms with Crippen LogP contribution in [0.5, 0.6) is 0 Å². The third-order valence-corrected chi connectivity index (χ3v) is 3.34. The minimum atomic E-state index is -0.0556. The molecule has 1 aliphatic heterocycles. The summed E-state index contributed by atoms with van der Waals surface area (Å²) in [4.78, 5) is 23.7. The van der Waals surface area contributed by atoms with E-state index in [1.165, 1.54) is 0 Å². The third kappa shape index (κ3) is 8.20. The van der Waals surface area contributed by atoms with Crippen molar-refractivity contribution in [2.45, 2.75) is 39.3 Å². The number of rotatable bonds is 5. The lowest BCUT2D eigenvalue weighted by molar-refractivity contribution is -0.898. The SMILES string of the molecule is C=C(C)C(=O)NC(CC)[N+](C)(C)C.C=CN1CCCC1=O.[Cl-]. The van der Waals surface area contributed by atoms with Gasteiger partial charge in [-0.3, -0.25) is 9.59 Å². The molecular weight excluding hydrogens is 302 g/mol. The summed E-state index contributed by atoms with van der Waals surface area (Å²) in [6.07, 6.45) is 4.36. The number of nitrogens with one attached hydrogen (secondary N) is 1. The van der Waals surface area contributed by atoms with Gasteiger partial charge in [-0.05, 0) is 19.5 Å². The van der Waals surface area contributed by atoms with Crippen LogP contribution in [0, 0.1) is 0 Å². The van der Waals surface area contributed by atoms with E-state index in [0.29, 0.717) is 12.0 Å². The molecule has 0 aliphatic carbocycles. The van der Waals surface area contributed by atoms with Gasteiger partial charge in [-0.2, -0.15) is 0 Å². The van der Waals surface area contributed by atoms with Crippen molar-refractivity contribution < 1.29 is 26.5 Å². The van der Waals surface area contributed by atoms with Gasteiger partial charge in [-0.25, -0.2) is 0 Å². The Kier molecular flexibility index (Phi) is 10.9. The molecule has 1 fully saturated rings. The van der Waals surface area contributed by atoms with Crippen LogP contribution in [-0.4, -0.2) is 55.1 Å². The van der Waals surface area contributed by atoms with Gasteiger partial charge in [0.15, 0.2) is 6.17 Å². The van der Waals surface area contributed by atoms with Gasteiger partial charge in [-0.1, -0.05) is 20.1 Å². The molecule has 6 heteroatoms. The van der Waals surface area contributed by atoms with Crippen LogP contribution in [-0.2, 0) is 9.59 Å². The van der Waals surface area contributed by atoms with Gasteiger partial charge in [0.1, 0.15) is 0 Å². The first kappa shape index (κ1) is 22.9. The molecule has 128 valence electrons. The Labute approximate surface area is 141 Å². The average Bonchev–Trinajstić information content (AvgIpc) is 2.80. The molecule has 0 aromatic rings. The first-order chi connectivity index (χ1) is 9.63. The topological polar surface area (TPSA) is 49.4 Å². The molecule has 0 aromatic heterocycles. The second-order valence-corrected chi connectivity index (χ2v) is 6.17. The van der Waals surface area contributed by atoms with E-state index >= 15 is 0 Å². The molecule has 1 rings (SSSR count). The molecule has 1 aliphatic rings. The smallest absolute Gasteiger partial charge is 0.250 e. The highest BCUT2D eigenvalue weighted by molar-refractivity contribution is 5.92. The lowest BCUT2D eigenvalue weighted by Gasteiger charge is -2.33. The molecule has 0 aromatic carbocycles. The van der Waals surface area contributed by atoms with Crippen molar-refractivity contribution in [1.82, 2.24) is 10.2 Å². The Morgan fingerprint density at radius 2 is 2.00 bits per heavy atom. The van der Waals surface area contributed by atoms with Gasteiger partial charge in [0, 0.05) is 25.0 Å². The van der Waals surface area contributed by atoms with Crippen LogP contribution >= 0.6 is 0 Å². The number of carbonyl (C=O) groups excluding carboxylic acids is 2. The molecule has 1 heterocycles. The maximum absolute atomic E-state index is 11.3. The number of hydrogen-bond donors (Lipinski definition) is 1. The van der Waals surface area contributed by atoms with Crippen molar-refractivity contribution in [3.8, 4) is 0 Å². The van der Waals surface area contributed by atoms with E-state index in [1.807, 2.05) is 0 Å². The van der Waals surface area contributed by atoms with Gasteiger partial charge < -0.3 is 27.1 Å². The Hall–Kier alpha value is -1.33. The maximum Gasteiger partial charge on any atom is 0.250 e. The predicted octanol–water partition coefficient (Wildman–Crippen LogP) is -1.12. The van der Waals surface area contributed by atoms with Gasteiger partial charge in [-0.15, -0.1) is 0 Å². The number of halogens is 1. The lowest BCUT2D eigenvalue weighted by Crippen LogP contribution is -3.00. The first-order valence-corrected chi connectivity index (χ1v) is 7.33. The normalized spacial score (nSPS) is 15.1. The van der Waals surface area contributed by atoms with Crippen molar-refractivity contribution in [3.63, 3.8) is 0 Å². The quantitative estimate of drug-likeness (QED) is 0.394. The largest absolute Gasteiger partial charge is 1.00 e. The molecule has 1 unspecified atom stereocenters. The molecule has 1 saturated heterocycles. The van der Waals surface area contributed by atoms with Crippen molar-refractivity contribution >= 4 is 11.8 Å². The number of hydrogen-bond acceptors (Lipinski definition) is 2. The molecule has 1 N–H and O–H groups in total. The monoisotopic (exact) mass is 331 g/mol. The summed E-state index contributed by atoms with van der Waals surface area (Å²) >= 11 is 0.